The Labute approximate surface area is 107 Å². The van der Waals surface area contributed by atoms with Crippen LogP contribution in [0.4, 0.5) is 0 Å². The van der Waals surface area contributed by atoms with E-state index in [9.17, 15) is 0 Å². The van der Waals surface area contributed by atoms with E-state index in [1.54, 1.807) is 0 Å². The van der Waals surface area contributed by atoms with Crippen LogP contribution in [0.25, 0.3) is 0 Å². The Morgan fingerprint density at radius 1 is 1.00 bits per heavy atom. The van der Waals surface area contributed by atoms with Crippen molar-refractivity contribution in [2.24, 2.45) is 5.92 Å². The van der Waals surface area contributed by atoms with Gasteiger partial charge in [-0.15, -0.1) is 0 Å². The lowest BCUT2D eigenvalue weighted by atomic mass is 10.0. The van der Waals surface area contributed by atoms with Gasteiger partial charge < -0.3 is 15.1 Å². The highest BCUT2D eigenvalue weighted by Crippen LogP contribution is 2.26. The van der Waals surface area contributed by atoms with Crippen LogP contribution in [0.15, 0.2) is 0 Å². The van der Waals surface area contributed by atoms with Crippen molar-refractivity contribution in [1.29, 1.82) is 0 Å². The second kappa shape index (κ2) is 6.72. The van der Waals surface area contributed by atoms with Crippen LogP contribution in [-0.2, 0) is 0 Å². The first-order valence-electron chi connectivity index (χ1n) is 7.51. The van der Waals surface area contributed by atoms with Crippen LogP contribution in [0.5, 0.6) is 0 Å². The molecule has 2 rings (SSSR count). The number of likely N-dealkylation sites (N-methyl/N-ethyl adjacent to an activating group) is 1. The van der Waals surface area contributed by atoms with E-state index in [2.05, 4.69) is 29.0 Å². The van der Waals surface area contributed by atoms with Gasteiger partial charge in [-0.3, -0.25) is 0 Å². The lowest BCUT2D eigenvalue weighted by Gasteiger charge is -2.36. The number of hydrogen-bond acceptors (Lipinski definition) is 3. The number of nitrogens with zero attached hydrogens (tertiary/aromatic N) is 2. The van der Waals surface area contributed by atoms with Crippen LogP contribution in [0.2, 0.25) is 0 Å². The average Bonchev–Trinajstić information content (AvgIpc) is 2.78. The minimum atomic E-state index is 0.796. The van der Waals surface area contributed by atoms with E-state index in [4.69, 9.17) is 0 Å². The van der Waals surface area contributed by atoms with Crippen LogP contribution < -0.4 is 5.32 Å². The lowest BCUT2D eigenvalue weighted by molar-refractivity contribution is 0.117. The maximum absolute atomic E-state index is 3.67. The van der Waals surface area contributed by atoms with Gasteiger partial charge in [-0.25, -0.2) is 0 Å². The minimum Gasteiger partial charge on any atom is -0.314 e. The molecule has 0 bridgehead atoms. The van der Waals surface area contributed by atoms with E-state index in [1.807, 2.05) is 0 Å². The fourth-order valence-electron chi connectivity index (χ4n) is 3.41. The molecule has 17 heavy (non-hydrogen) atoms. The van der Waals surface area contributed by atoms with Crippen LogP contribution in [0.1, 0.15) is 33.1 Å². The molecule has 0 aromatic heterocycles. The fourth-order valence-corrected chi connectivity index (χ4v) is 3.41. The number of hydrogen-bond donors (Lipinski definition) is 1. The Kier molecular flexibility index (Phi) is 5.26. The first-order valence-corrected chi connectivity index (χ1v) is 7.51. The summed E-state index contributed by atoms with van der Waals surface area (Å²) >= 11 is 0. The van der Waals surface area contributed by atoms with Gasteiger partial charge in [0.2, 0.25) is 0 Å². The molecule has 2 unspecified atom stereocenters. The lowest BCUT2D eigenvalue weighted by Crippen LogP contribution is -2.49. The highest BCUT2D eigenvalue weighted by molar-refractivity contribution is 4.86. The van der Waals surface area contributed by atoms with Crippen molar-refractivity contribution in [2.45, 2.75) is 39.2 Å². The first kappa shape index (κ1) is 13.3. The predicted octanol–water partition coefficient (Wildman–Crippen LogP) is 1.40. The second-order valence-electron chi connectivity index (χ2n) is 5.59. The third kappa shape index (κ3) is 3.67. The van der Waals surface area contributed by atoms with Gasteiger partial charge >= 0.3 is 0 Å². The molecule has 2 aliphatic rings. The van der Waals surface area contributed by atoms with E-state index >= 15 is 0 Å². The van der Waals surface area contributed by atoms with Gasteiger partial charge in [0, 0.05) is 38.8 Å². The zero-order valence-electron chi connectivity index (χ0n) is 11.6. The molecule has 1 saturated carbocycles. The standard InChI is InChI=1S/C14H29N3/c1-3-15-14-7-5-6-13(14)12-17-10-8-16(4-2)9-11-17/h13-15H,3-12H2,1-2H3. The molecule has 1 N–H and O–H groups in total. The molecule has 1 aliphatic carbocycles. The highest BCUT2D eigenvalue weighted by Gasteiger charge is 2.28. The summed E-state index contributed by atoms with van der Waals surface area (Å²) in [7, 11) is 0. The van der Waals surface area contributed by atoms with Gasteiger partial charge in [0.25, 0.3) is 0 Å². The Bertz CT molecular complexity index is 212. The molecule has 2 fully saturated rings. The summed E-state index contributed by atoms with van der Waals surface area (Å²) in [6.07, 6.45) is 4.26. The largest absolute Gasteiger partial charge is 0.314 e. The first-order chi connectivity index (χ1) is 8.33. The summed E-state index contributed by atoms with van der Waals surface area (Å²) < 4.78 is 0. The molecule has 0 aromatic rings. The van der Waals surface area contributed by atoms with Crippen LogP contribution in [-0.4, -0.2) is 61.7 Å². The average molecular weight is 239 g/mol. The molecular weight excluding hydrogens is 210 g/mol. The van der Waals surface area contributed by atoms with Gasteiger partial charge in [0.05, 0.1) is 0 Å². The van der Waals surface area contributed by atoms with E-state index in [-0.39, 0.29) is 0 Å². The summed E-state index contributed by atoms with van der Waals surface area (Å²) in [5.41, 5.74) is 0. The van der Waals surface area contributed by atoms with Gasteiger partial charge in [-0.2, -0.15) is 0 Å². The number of rotatable bonds is 5. The van der Waals surface area contributed by atoms with Crippen LogP contribution in [0.3, 0.4) is 0 Å². The summed E-state index contributed by atoms with van der Waals surface area (Å²) in [6, 6.07) is 0.796. The van der Waals surface area contributed by atoms with Gasteiger partial charge in [-0.05, 0) is 31.8 Å². The second-order valence-corrected chi connectivity index (χ2v) is 5.59. The monoisotopic (exact) mass is 239 g/mol. The van der Waals surface area contributed by atoms with E-state index in [1.165, 1.54) is 58.5 Å². The zero-order valence-corrected chi connectivity index (χ0v) is 11.6. The van der Waals surface area contributed by atoms with Crippen molar-refractivity contribution in [1.82, 2.24) is 15.1 Å². The molecule has 100 valence electrons. The van der Waals surface area contributed by atoms with Gasteiger partial charge in [0.1, 0.15) is 0 Å². The molecule has 0 spiro atoms. The topological polar surface area (TPSA) is 18.5 Å². The summed E-state index contributed by atoms with van der Waals surface area (Å²) in [6.45, 7) is 13.3. The van der Waals surface area contributed by atoms with Crippen LogP contribution in [0, 0.1) is 5.92 Å². The molecule has 2 atom stereocenters. The molecule has 3 heteroatoms. The molecule has 1 saturated heterocycles. The Hall–Kier alpha value is -0.120. The van der Waals surface area contributed by atoms with Crippen molar-refractivity contribution < 1.29 is 0 Å². The predicted molar refractivity (Wildman–Crippen MR) is 73.4 cm³/mol. The van der Waals surface area contributed by atoms with E-state index in [0.717, 1.165) is 18.5 Å². The highest BCUT2D eigenvalue weighted by atomic mass is 15.3. The number of nitrogens with one attached hydrogen (secondary N) is 1. The molecule has 0 aromatic carbocycles. The quantitative estimate of drug-likeness (QED) is 0.782. The molecule has 1 heterocycles. The van der Waals surface area contributed by atoms with Crippen LogP contribution >= 0.6 is 0 Å². The molecular formula is C14H29N3. The summed E-state index contributed by atoms with van der Waals surface area (Å²) in [4.78, 5) is 5.25. The Balaban J connectivity index is 1.73. The molecule has 0 radical (unpaired) electrons. The Morgan fingerprint density at radius 3 is 2.35 bits per heavy atom. The normalized spacial score (nSPS) is 32.1. The molecule has 1 aliphatic heterocycles. The smallest absolute Gasteiger partial charge is 0.0110 e. The van der Waals surface area contributed by atoms with Crippen molar-refractivity contribution in [3.05, 3.63) is 0 Å². The van der Waals surface area contributed by atoms with E-state index < -0.39 is 0 Å². The SMILES string of the molecule is CCNC1CCCC1CN1CCN(CC)CC1. The van der Waals surface area contributed by atoms with Crippen molar-refractivity contribution in [3.8, 4) is 0 Å². The minimum absolute atomic E-state index is 0.796. The van der Waals surface area contributed by atoms with Crippen molar-refractivity contribution >= 4 is 0 Å². The molecule has 0 amide bonds. The van der Waals surface area contributed by atoms with Gasteiger partial charge in [-0.1, -0.05) is 20.3 Å². The van der Waals surface area contributed by atoms with Gasteiger partial charge in [0.15, 0.2) is 0 Å². The third-order valence-corrected chi connectivity index (χ3v) is 4.53. The maximum atomic E-state index is 3.67. The van der Waals surface area contributed by atoms with Crippen molar-refractivity contribution in [3.63, 3.8) is 0 Å². The zero-order chi connectivity index (χ0) is 12.1. The van der Waals surface area contributed by atoms with Crippen molar-refractivity contribution in [2.75, 3.05) is 45.8 Å². The summed E-state index contributed by atoms with van der Waals surface area (Å²) in [5.74, 6) is 0.906. The molecule has 3 nitrogen and oxygen atoms in total. The van der Waals surface area contributed by atoms with E-state index in [0.29, 0.717) is 0 Å². The number of piperazine rings is 1. The summed E-state index contributed by atoms with van der Waals surface area (Å²) in [5, 5.41) is 3.67. The fraction of sp³-hybridized carbons (Fsp3) is 1.00. The maximum Gasteiger partial charge on any atom is 0.0110 e. The Morgan fingerprint density at radius 2 is 1.71 bits per heavy atom. The third-order valence-electron chi connectivity index (χ3n) is 4.53.